The van der Waals surface area contributed by atoms with Crippen LogP contribution >= 0.6 is 0 Å². The summed E-state index contributed by atoms with van der Waals surface area (Å²) in [4.78, 5) is 59.6. The number of benzene rings is 1. The minimum atomic E-state index is -4.66. The van der Waals surface area contributed by atoms with Crippen molar-refractivity contribution in [2.75, 3.05) is 13.7 Å². The highest BCUT2D eigenvalue weighted by atomic mass is 32.2. The van der Waals surface area contributed by atoms with Gasteiger partial charge in [0.15, 0.2) is 0 Å². The van der Waals surface area contributed by atoms with Crippen LogP contribution in [0.25, 0.3) is 10.8 Å². The molecule has 2 aromatic rings. The number of methoxy groups -OCH3 is 1. The number of fused-ring (bicyclic) bond motifs is 3. The number of ether oxygens (including phenoxy) is 2. The Balaban J connectivity index is 1.33. The highest BCUT2D eigenvalue weighted by Crippen LogP contribution is 2.48. The molecule has 0 radical (unpaired) electrons. The van der Waals surface area contributed by atoms with Crippen molar-refractivity contribution in [3.63, 3.8) is 0 Å². The number of carbonyl (C=O) groups excluding carboxylic acids is 3. The number of halogens is 1. The Labute approximate surface area is 289 Å². The Morgan fingerprint density at radius 3 is 2.62 bits per heavy atom. The van der Waals surface area contributed by atoms with E-state index in [2.05, 4.69) is 15.6 Å². The molecule has 16 heteroatoms. The summed E-state index contributed by atoms with van der Waals surface area (Å²) in [6, 6.07) is 4.70. The van der Waals surface area contributed by atoms with Crippen LogP contribution in [0.2, 0.25) is 0 Å². The van der Waals surface area contributed by atoms with Crippen LogP contribution in [0.1, 0.15) is 58.8 Å². The van der Waals surface area contributed by atoms with Gasteiger partial charge in [-0.15, -0.1) is 0 Å². The van der Waals surface area contributed by atoms with Gasteiger partial charge in [0.1, 0.15) is 29.5 Å². The molecule has 2 saturated carbocycles. The quantitative estimate of drug-likeness (QED) is 0.310. The van der Waals surface area contributed by atoms with Crippen LogP contribution in [-0.4, -0.2) is 89.6 Å². The second kappa shape index (κ2) is 13.3. The van der Waals surface area contributed by atoms with Gasteiger partial charge in [0, 0.05) is 36.8 Å². The fourth-order valence-electron chi connectivity index (χ4n) is 7.13. The zero-order chi connectivity index (χ0) is 36.0. The number of carboxylic acid groups (broad SMARTS) is 1. The number of nitrogens with one attached hydrogen (secondary N) is 3. The first-order chi connectivity index (χ1) is 23.7. The summed E-state index contributed by atoms with van der Waals surface area (Å²) in [6.07, 6.45) is 4.35. The Kier molecular flexibility index (Phi) is 9.43. The van der Waals surface area contributed by atoms with Gasteiger partial charge in [0.25, 0.3) is 15.9 Å². The number of hydrogen-bond donors (Lipinski definition) is 4. The minimum absolute atomic E-state index is 0.0412. The molecule has 3 heterocycles. The third-order valence-electron chi connectivity index (χ3n) is 10.3. The van der Waals surface area contributed by atoms with Crippen molar-refractivity contribution < 1.29 is 46.6 Å². The molecule has 14 nitrogen and oxygen atoms in total. The van der Waals surface area contributed by atoms with Gasteiger partial charge >= 0.3 is 6.09 Å². The molecule has 270 valence electrons. The number of aromatic nitrogens is 1. The number of nitrogens with zero attached hydrogens (tertiary/aromatic N) is 2. The number of pyridine rings is 1. The SMILES string of the molecule is COc1ccc2c(O[C@@H]3C[C@H]4C(=O)N[C@]5(C(=O)NS(=O)(=O)C6(F)CC6)C[C@H]5C=CCC[C@H](C)C[C@@H](C)[C@H](NC(=O)O)C(=O)N4C3)nccc2c1. The average molecular weight is 716 g/mol. The average Bonchev–Trinajstić information content (AvgIpc) is 3.95. The van der Waals surface area contributed by atoms with Crippen molar-refractivity contribution in [3.8, 4) is 11.6 Å². The van der Waals surface area contributed by atoms with E-state index >= 15 is 0 Å². The second-order valence-electron chi connectivity index (χ2n) is 14.0. The molecule has 4 aliphatic rings. The van der Waals surface area contributed by atoms with E-state index in [0.29, 0.717) is 30.4 Å². The van der Waals surface area contributed by atoms with Gasteiger partial charge < -0.3 is 30.1 Å². The van der Waals surface area contributed by atoms with Gasteiger partial charge in [-0.2, -0.15) is 0 Å². The Bertz CT molecular complexity index is 1840. The molecule has 1 saturated heterocycles. The van der Waals surface area contributed by atoms with E-state index in [1.165, 1.54) is 4.90 Å². The van der Waals surface area contributed by atoms with E-state index < -0.39 is 74.4 Å². The lowest BCUT2D eigenvalue weighted by Gasteiger charge is -2.32. The van der Waals surface area contributed by atoms with Crippen molar-refractivity contribution in [1.29, 1.82) is 0 Å². The van der Waals surface area contributed by atoms with Crippen LogP contribution < -0.4 is 24.8 Å². The smallest absolute Gasteiger partial charge is 0.405 e. The lowest BCUT2D eigenvalue weighted by molar-refractivity contribution is -0.142. The van der Waals surface area contributed by atoms with Crippen LogP contribution in [0.15, 0.2) is 42.6 Å². The first kappa shape index (κ1) is 35.4. The lowest BCUT2D eigenvalue weighted by atomic mass is 9.88. The molecule has 50 heavy (non-hydrogen) atoms. The summed E-state index contributed by atoms with van der Waals surface area (Å²) in [6.45, 7) is 3.67. The van der Waals surface area contributed by atoms with Gasteiger partial charge in [-0.25, -0.2) is 27.3 Å². The number of carbonyl (C=O) groups is 4. The second-order valence-corrected chi connectivity index (χ2v) is 16.0. The fourth-order valence-corrected chi connectivity index (χ4v) is 8.38. The molecule has 7 atom stereocenters. The van der Waals surface area contributed by atoms with Crippen LogP contribution in [0.3, 0.4) is 0 Å². The van der Waals surface area contributed by atoms with Crippen LogP contribution in [0.5, 0.6) is 11.6 Å². The van der Waals surface area contributed by atoms with Crippen molar-refractivity contribution in [3.05, 3.63) is 42.6 Å². The maximum Gasteiger partial charge on any atom is 0.405 e. The summed E-state index contributed by atoms with van der Waals surface area (Å²) in [5.41, 5.74) is -1.70. The standard InChI is InChI=1S/C34H42FN5O9S/c1-19-6-4-5-7-22-17-34(22,31(43)39-50(46,47)33(35)11-12-33)38-28(41)26-16-24(18-40(26)30(42)27(20(2)14-19)37-32(44)45)49-29-25-9-8-23(48-3)15-21(25)10-13-36-29/h5,7-10,13,15,19-20,22,24,26-27,37H,4,6,11-12,14,16-18H2,1-3H3,(H,38,41)(H,39,43)(H,44,45)/t19-,20+,22+,24+,26-,27-,34+/m0/s1. The number of amides is 4. The number of sulfonamides is 1. The van der Waals surface area contributed by atoms with E-state index in [1.54, 1.807) is 44.5 Å². The van der Waals surface area contributed by atoms with E-state index in [0.717, 1.165) is 5.39 Å². The first-order valence-corrected chi connectivity index (χ1v) is 18.3. The van der Waals surface area contributed by atoms with Crippen LogP contribution in [0, 0.1) is 17.8 Å². The zero-order valence-electron chi connectivity index (χ0n) is 28.1. The largest absolute Gasteiger partial charge is 0.497 e. The van der Waals surface area contributed by atoms with Gasteiger partial charge in [0.05, 0.1) is 13.7 Å². The molecule has 2 aliphatic carbocycles. The maximum atomic E-state index is 14.7. The third kappa shape index (κ3) is 6.94. The summed E-state index contributed by atoms with van der Waals surface area (Å²) in [7, 11) is -3.11. The summed E-state index contributed by atoms with van der Waals surface area (Å²) in [5.74, 6) is -2.50. The number of alkyl halides is 1. The van der Waals surface area contributed by atoms with Crippen molar-refractivity contribution in [1.82, 2.24) is 25.2 Å². The first-order valence-electron chi connectivity index (χ1n) is 16.8. The molecular weight excluding hydrogens is 673 g/mol. The molecule has 4 amide bonds. The van der Waals surface area contributed by atoms with Gasteiger partial charge in [0.2, 0.25) is 22.7 Å². The minimum Gasteiger partial charge on any atom is -0.497 e. The Morgan fingerprint density at radius 1 is 1.16 bits per heavy atom. The fraction of sp³-hybridized carbons (Fsp3) is 0.559. The molecule has 0 bridgehead atoms. The van der Waals surface area contributed by atoms with Crippen molar-refractivity contribution >= 4 is 44.6 Å². The predicted molar refractivity (Wildman–Crippen MR) is 178 cm³/mol. The highest BCUT2D eigenvalue weighted by molar-refractivity contribution is 7.91. The lowest BCUT2D eigenvalue weighted by Crippen LogP contribution is -2.59. The number of hydrogen-bond acceptors (Lipinski definition) is 9. The van der Waals surface area contributed by atoms with Gasteiger partial charge in [-0.1, -0.05) is 26.0 Å². The Morgan fingerprint density at radius 2 is 1.92 bits per heavy atom. The molecule has 1 aromatic heterocycles. The van der Waals surface area contributed by atoms with E-state index in [4.69, 9.17) is 9.47 Å². The zero-order valence-corrected chi connectivity index (χ0v) is 28.9. The number of allylic oxidation sites excluding steroid dienone is 1. The van der Waals surface area contributed by atoms with E-state index in [1.807, 2.05) is 23.8 Å². The van der Waals surface area contributed by atoms with E-state index in [-0.39, 0.29) is 44.0 Å². The molecule has 0 spiro atoms. The molecule has 3 fully saturated rings. The molecule has 4 N–H and O–H groups in total. The monoisotopic (exact) mass is 715 g/mol. The van der Waals surface area contributed by atoms with Crippen LogP contribution in [0.4, 0.5) is 9.18 Å². The Hall–Kier alpha value is -4.47. The number of rotatable bonds is 7. The third-order valence-corrected chi connectivity index (χ3v) is 12.1. The topological polar surface area (TPSA) is 193 Å². The normalized spacial score (nSPS) is 30.9. The van der Waals surface area contributed by atoms with Crippen LogP contribution in [-0.2, 0) is 24.4 Å². The summed E-state index contributed by atoms with van der Waals surface area (Å²) in [5, 5.41) is 13.7. The summed E-state index contributed by atoms with van der Waals surface area (Å²) < 4.78 is 53.5. The molecule has 2 aliphatic heterocycles. The summed E-state index contributed by atoms with van der Waals surface area (Å²) >= 11 is 0. The van der Waals surface area contributed by atoms with Gasteiger partial charge in [-0.05, 0) is 67.2 Å². The molecule has 0 unspecified atom stereocenters. The molecule has 1 aromatic carbocycles. The molecular formula is C34H42FN5O9S. The maximum absolute atomic E-state index is 14.7. The molecule has 6 rings (SSSR count). The van der Waals surface area contributed by atoms with Crippen molar-refractivity contribution in [2.45, 2.75) is 87.5 Å². The van der Waals surface area contributed by atoms with E-state index in [9.17, 15) is 37.1 Å². The van der Waals surface area contributed by atoms with Crippen molar-refractivity contribution in [2.24, 2.45) is 17.8 Å². The van der Waals surface area contributed by atoms with Gasteiger partial charge in [-0.3, -0.25) is 14.4 Å². The predicted octanol–water partition coefficient (Wildman–Crippen LogP) is 3.02. The highest BCUT2D eigenvalue weighted by Gasteiger charge is 2.64.